The number of hydrogen-bond acceptors (Lipinski definition) is 5. The van der Waals surface area contributed by atoms with Gasteiger partial charge in [0.05, 0.1) is 6.42 Å². The lowest BCUT2D eigenvalue weighted by atomic mass is 9.86. The molecule has 1 aliphatic rings. The first-order valence-corrected chi connectivity index (χ1v) is 11.3. The monoisotopic (exact) mass is 400 g/mol. The summed E-state index contributed by atoms with van der Waals surface area (Å²) in [7, 11) is 0. The minimum absolute atomic E-state index is 0.240. The van der Waals surface area contributed by atoms with E-state index in [-0.39, 0.29) is 12.4 Å². The Bertz CT molecular complexity index is 760. The summed E-state index contributed by atoms with van der Waals surface area (Å²) in [6.45, 7) is 7.14. The highest BCUT2D eigenvalue weighted by molar-refractivity contribution is 7.10. The largest absolute Gasteiger partial charge is 0.426 e. The molecular formula is C23H32N2O2S. The molecule has 0 fully saturated rings. The van der Waals surface area contributed by atoms with E-state index in [2.05, 4.69) is 42.3 Å². The molecule has 152 valence electrons. The normalized spacial score (nSPS) is 17.4. The summed E-state index contributed by atoms with van der Waals surface area (Å²) >= 11 is 1.85. The molecule has 4 nitrogen and oxygen atoms in total. The summed E-state index contributed by atoms with van der Waals surface area (Å²) in [5, 5.41) is 2.17. The first-order chi connectivity index (χ1) is 13.6. The number of carbonyl (C=O) groups is 1. The van der Waals surface area contributed by atoms with Crippen molar-refractivity contribution in [2.75, 3.05) is 19.6 Å². The minimum atomic E-state index is -0.240. The highest BCUT2D eigenvalue weighted by Crippen LogP contribution is 2.33. The van der Waals surface area contributed by atoms with E-state index in [4.69, 9.17) is 10.5 Å². The number of hydrogen-bond donors (Lipinski definition) is 1. The second-order valence-corrected chi connectivity index (χ2v) is 8.69. The van der Waals surface area contributed by atoms with Crippen molar-refractivity contribution in [1.82, 2.24) is 4.90 Å². The lowest BCUT2D eigenvalue weighted by molar-refractivity contribution is -0.134. The summed E-state index contributed by atoms with van der Waals surface area (Å²) in [5.74, 6) is 1.04. The SMILES string of the molecule is CCCN(CC(C)c1cccs1)[C@H]1CCc2c(cccc2OC(=O)CCN)C1. The summed E-state index contributed by atoms with van der Waals surface area (Å²) in [6.07, 6.45) is 4.51. The molecule has 1 aromatic heterocycles. The molecular weight excluding hydrogens is 368 g/mol. The summed E-state index contributed by atoms with van der Waals surface area (Å²) in [6, 6.07) is 11.0. The third-order valence-corrected chi connectivity index (χ3v) is 6.65. The molecule has 0 saturated carbocycles. The van der Waals surface area contributed by atoms with Gasteiger partial charge in [-0.1, -0.05) is 32.0 Å². The number of carbonyl (C=O) groups excluding carboxylic acids is 1. The van der Waals surface area contributed by atoms with Gasteiger partial charge < -0.3 is 10.5 Å². The predicted molar refractivity (Wildman–Crippen MR) is 116 cm³/mol. The van der Waals surface area contributed by atoms with Gasteiger partial charge in [0, 0.05) is 29.9 Å². The summed E-state index contributed by atoms with van der Waals surface area (Å²) < 4.78 is 5.58. The maximum atomic E-state index is 11.9. The summed E-state index contributed by atoms with van der Waals surface area (Å²) in [4.78, 5) is 16.0. The zero-order valence-electron chi connectivity index (χ0n) is 17.0. The van der Waals surface area contributed by atoms with Gasteiger partial charge in [0.1, 0.15) is 5.75 Å². The Morgan fingerprint density at radius 3 is 2.93 bits per heavy atom. The molecule has 2 atom stereocenters. The minimum Gasteiger partial charge on any atom is -0.426 e. The van der Waals surface area contributed by atoms with Crippen molar-refractivity contribution < 1.29 is 9.53 Å². The fraction of sp³-hybridized carbons (Fsp3) is 0.522. The van der Waals surface area contributed by atoms with Gasteiger partial charge >= 0.3 is 5.97 Å². The Morgan fingerprint density at radius 2 is 2.21 bits per heavy atom. The van der Waals surface area contributed by atoms with Crippen molar-refractivity contribution >= 4 is 17.3 Å². The molecule has 5 heteroatoms. The van der Waals surface area contributed by atoms with Crippen LogP contribution >= 0.6 is 11.3 Å². The Kier molecular flexibility index (Phi) is 7.65. The van der Waals surface area contributed by atoms with Crippen LogP contribution < -0.4 is 10.5 Å². The zero-order valence-corrected chi connectivity index (χ0v) is 17.8. The standard InChI is InChI=1S/C23H32N2O2S/c1-3-13-25(16-17(2)22-8-5-14-28-22)19-9-10-20-18(15-19)6-4-7-21(20)27-23(26)11-12-24/h4-8,14,17,19H,3,9-13,15-16,24H2,1-2H3/t17?,19-/m0/s1. The van der Waals surface area contributed by atoms with Crippen molar-refractivity contribution in [3.05, 3.63) is 51.7 Å². The molecule has 1 heterocycles. The Hall–Kier alpha value is -1.69. The molecule has 3 rings (SSSR count). The molecule has 1 unspecified atom stereocenters. The molecule has 2 N–H and O–H groups in total. The van der Waals surface area contributed by atoms with E-state index < -0.39 is 0 Å². The smallest absolute Gasteiger partial charge is 0.312 e. The van der Waals surface area contributed by atoms with E-state index >= 15 is 0 Å². The number of nitrogens with two attached hydrogens (primary N) is 1. The number of nitrogens with zero attached hydrogens (tertiary/aromatic N) is 1. The lowest BCUT2D eigenvalue weighted by Crippen LogP contribution is -2.41. The number of ether oxygens (including phenoxy) is 1. The predicted octanol–water partition coefficient (Wildman–Crippen LogP) is 4.38. The molecule has 0 amide bonds. The van der Waals surface area contributed by atoms with Gasteiger partial charge in [-0.2, -0.15) is 0 Å². The third-order valence-electron chi connectivity index (χ3n) is 5.55. The quantitative estimate of drug-likeness (QED) is 0.501. The fourth-order valence-corrected chi connectivity index (χ4v) is 4.95. The van der Waals surface area contributed by atoms with Gasteiger partial charge in [-0.25, -0.2) is 0 Å². The average Bonchev–Trinajstić information content (AvgIpc) is 3.22. The molecule has 0 spiro atoms. The Morgan fingerprint density at radius 1 is 1.36 bits per heavy atom. The van der Waals surface area contributed by atoms with Crippen LogP contribution in [0.15, 0.2) is 35.7 Å². The number of esters is 1. The number of thiophene rings is 1. The van der Waals surface area contributed by atoms with Gasteiger partial charge in [-0.05, 0) is 60.9 Å². The van der Waals surface area contributed by atoms with Crippen molar-refractivity contribution in [3.63, 3.8) is 0 Å². The molecule has 0 aliphatic heterocycles. The topological polar surface area (TPSA) is 55.6 Å². The highest BCUT2D eigenvalue weighted by Gasteiger charge is 2.27. The first kappa shape index (κ1) is 21.0. The van der Waals surface area contributed by atoms with Crippen molar-refractivity contribution in [1.29, 1.82) is 0 Å². The van der Waals surface area contributed by atoms with E-state index in [0.717, 1.165) is 44.5 Å². The maximum Gasteiger partial charge on any atom is 0.312 e. The van der Waals surface area contributed by atoms with Crippen LogP contribution in [-0.4, -0.2) is 36.5 Å². The van der Waals surface area contributed by atoms with E-state index in [1.807, 2.05) is 23.5 Å². The number of benzene rings is 1. The number of rotatable bonds is 9. The van der Waals surface area contributed by atoms with E-state index in [1.54, 1.807) is 0 Å². The second kappa shape index (κ2) is 10.2. The lowest BCUT2D eigenvalue weighted by Gasteiger charge is -2.37. The van der Waals surface area contributed by atoms with Crippen LogP contribution in [0.1, 0.15) is 55.0 Å². The van der Waals surface area contributed by atoms with Gasteiger partial charge in [0.2, 0.25) is 0 Å². The van der Waals surface area contributed by atoms with Crippen LogP contribution in [-0.2, 0) is 17.6 Å². The van der Waals surface area contributed by atoms with Crippen LogP contribution in [0.25, 0.3) is 0 Å². The molecule has 28 heavy (non-hydrogen) atoms. The molecule has 1 aromatic carbocycles. The van der Waals surface area contributed by atoms with E-state index in [0.29, 0.717) is 18.5 Å². The van der Waals surface area contributed by atoms with Gasteiger partial charge in [0.25, 0.3) is 0 Å². The first-order valence-electron chi connectivity index (χ1n) is 10.4. The number of fused-ring (bicyclic) bond motifs is 1. The Labute approximate surface area is 172 Å². The summed E-state index contributed by atoms with van der Waals surface area (Å²) in [5.41, 5.74) is 7.99. The molecule has 0 bridgehead atoms. The molecule has 0 radical (unpaired) electrons. The van der Waals surface area contributed by atoms with Crippen LogP contribution in [0.3, 0.4) is 0 Å². The zero-order chi connectivity index (χ0) is 19.9. The van der Waals surface area contributed by atoms with Gasteiger partial charge in [-0.3, -0.25) is 9.69 Å². The van der Waals surface area contributed by atoms with Crippen molar-refractivity contribution in [2.24, 2.45) is 5.73 Å². The van der Waals surface area contributed by atoms with Crippen molar-refractivity contribution in [2.45, 2.75) is 57.9 Å². The fourth-order valence-electron chi connectivity index (χ4n) is 4.18. The second-order valence-electron chi connectivity index (χ2n) is 7.71. The van der Waals surface area contributed by atoms with Crippen molar-refractivity contribution in [3.8, 4) is 5.75 Å². The molecule has 2 aromatic rings. The van der Waals surface area contributed by atoms with Crippen LogP contribution in [0.4, 0.5) is 0 Å². The molecule has 1 aliphatic carbocycles. The molecule has 0 saturated heterocycles. The van der Waals surface area contributed by atoms with Gasteiger partial charge in [0.15, 0.2) is 0 Å². The average molecular weight is 401 g/mol. The van der Waals surface area contributed by atoms with Gasteiger partial charge in [-0.15, -0.1) is 11.3 Å². The van der Waals surface area contributed by atoms with Crippen LogP contribution in [0.5, 0.6) is 5.75 Å². The van der Waals surface area contributed by atoms with Crippen LogP contribution in [0, 0.1) is 0 Å². The van der Waals surface area contributed by atoms with Crippen LogP contribution in [0.2, 0.25) is 0 Å². The third kappa shape index (κ3) is 5.22. The van der Waals surface area contributed by atoms with E-state index in [1.165, 1.54) is 16.0 Å². The van der Waals surface area contributed by atoms with E-state index in [9.17, 15) is 4.79 Å². The highest BCUT2D eigenvalue weighted by atomic mass is 32.1. The maximum absolute atomic E-state index is 11.9. The Balaban J connectivity index is 1.70.